The Morgan fingerprint density at radius 3 is 2.36 bits per heavy atom. The first-order valence-corrected chi connectivity index (χ1v) is 12.7. The van der Waals surface area contributed by atoms with Gasteiger partial charge in [0.15, 0.2) is 0 Å². The smallest absolute Gasteiger partial charge is 0.261 e. The first-order chi connectivity index (χ1) is 20.4. The third-order valence-corrected chi connectivity index (χ3v) is 6.46. The van der Waals surface area contributed by atoms with Crippen molar-refractivity contribution in [2.45, 2.75) is 0 Å². The van der Waals surface area contributed by atoms with Crippen LogP contribution in [0.1, 0.15) is 20.7 Å². The molecule has 0 atom stereocenters. The fourth-order valence-corrected chi connectivity index (χ4v) is 4.51. The molecule has 11 heteroatoms. The molecule has 0 bridgehead atoms. The first-order valence-electron chi connectivity index (χ1n) is 12.7. The largest absolute Gasteiger partial charge is 0.366 e. The maximum Gasteiger partial charge on any atom is 0.261 e. The Hall–Kier alpha value is -5.97. The maximum absolute atomic E-state index is 14.2. The molecular weight excluding hydrogens is 540 g/mol. The highest BCUT2D eigenvalue weighted by Gasteiger charge is 2.20. The lowest BCUT2D eigenvalue weighted by molar-refractivity contribution is 0.0996. The lowest BCUT2D eigenvalue weighted by atomic mass is 10.0. The molecule has 2 amide bonds. The van der Waals surface area contributed by atoms with E-state index in [4.69, 9.17) is 15.8 Å². The van der Waals surface area contributed by atoms with Gasteiger partial charge in [0.25, 0.3) is 5.91 Å². The number of hydrogen-bond acceptors (Lipinski definition) is 6. The molecule has 4 N–H and O–H groups in total. The molecule has 0 aliphatic carbocycles. The molecule has 6 rings (SSSR count). The van der Waals surface area contributed by atoms with Crippen LogP contribution < -0.4 is 16.4 Å². The number of nitrogens with one attached hydrogen (secondary N) is 2. The molecule has 0 spiro atoms. The van der Waals surface area contributed by atoms with Crippen molar-refractivity contribution in [1.29, 1.82) is 0 Å². The summed E-state index contributed by atoms with van der Waals surface area (Å²) in [7, 11) is 0. The second kappa shape index (κ2) is 10.9. The molecule has 3 aromatic heterocycles. The van der Waals surface area contributed by atoms with Crippen molar-refractivity contribution in [1.82, 2.24) is 19.6 Å². The Kier molecular flexibility index (Phi) is 6.81. The van der Waals surface area contributed by atoms with E-state index in [1.807, 2.05) is 24.3 Å². The summed E-state index contributed by atoms with van der Waals surface area (Å²) < 4.78 is 30.1. The summed E-state index contributed by atoms with van der Waals surface area (Å²) in [4.78, 5) is 33.1. The highest BCUT2D eigenvalue weighted by molar-refractivity contribution is 6.05. The van der Waals surface area contributed by atoms with Gasteiger partial charge in [-0.05, 0) is 66.7 Å². The van der Waals surface area contributed by atoms with Crippen LogP contribution in [0.4, 0.5) is 26.1 Å². The van der Waals surface area contributed by atoms with Gasteiger partial charge in [0, 0.05) is 34.9 Å². The number of benzene rings is 3. The summed E-state index contributed by atoms with van der Waals surface area (Å²) in [6, 6.07) is 24.0. The number of nitrogens with zero attached hydrogens (tertiary/aromatic N) is 4. The van der Waals surface area contributed by atoms with Crippen LogP contribution in [0.25, 0.3) is 28.0 Å². The summed E-state index contributed by atoms with van der Waals surface area (Å²) in [5.74, 6) is -3.03. The number of rotatable bonds is 7. The topological polar surface area (TPSA) is 127 Å². The second-order valence-electron chi connectivity index (χ2n) is 9.22. The number of nitrogens with two attached hydrogens (primary N) is 1. The van der Waals surface area contributed by atoms with Gasteiger partial charge >= 0.3 is 0 Å². The van der Waals surface area contributed by atoms with Gasteiger partial charge in [-0.3, -0.25) is 9.59 Å². The van der Waals surface area contributed by atoms with E-state index in [9.17, 15) is 18.4 Å². The number of fused-ring (bicyclic) bond motifs is 1. The van der Waals surface area contributed by atoms with Gasteiger partial charge in [-0.1, -0.05) is 24.3 Å². The summed E-state index contributed by atoms with van der Waals surface area (Å²) in [6.45, 7) is 0. The number of hydrogen-bond donors (Lipinski definition) is 3. The highest BCUT2D eigenvalue weighted by Crippen LogP contribution is 2.35. The summed E-state index contributed by atoms with van der Waals surface area (Å²) in [6.07, 6.45) is 3.41. The Balaban J connectivity index is 1.37. The van der Waals surface area contributed by atoms with Gasteiger partial charge in [-0.25, -0.2) is 23.3 Å². The first kappa shape index (κ1) is 26.3. The standard InChI is InChI=1S/C31H21F2N7O2/c32-22-7-4-8-23(33)26(22)30(42)36-21-6-3-5-19(17-21)28-27(25-9-1-2-16-40(25)39-28)24-14-15-35-31(38-24)37-20-12-10-18(11-13-20)29(34)41/h1-17H,(H2,34,41)(H,36,42)(H,35,37,38). The molecule has 0 fully saturated rings. The third-order valence-electron chi connectivity index (χ3n) is 6.46. The SMILES string of the molecule is NC(=O)c1ccc(Nc2nccc(-c3c(-c4cccc(NC(=O)c5c(F)cccc5F)c4)nn4ccccc34)n2)cc1. The molecule has 9 nitrogen and oxygen atoms in total. The van der Waals surface area contributed by atoms with Gasteiger partial charge in [0.1, 0.15) is 22.9 Å². The number of amides is 2. The van der Waals surface area contributed by atoms with E-state index in [1.165, 1.54) is 6.07 Å². The van der Waals surface area contributed by atoms with E-state index in [0.717, 1.165) is 17.6 Å². The Morgan fingerprint density at radius 1 is 0.833 bits per heavy atom. The minimum absolute atomic E-state index is 0.313. The van der Waals surface area contributed by atoms with Gasteiger partial charge in [-0.2, -0.15) is 5.10 Å². The maximum atomic E-state index is 14.2. The quantitative estimate of drug-likeness (QED) is 0.225. The number of carbonyl (C=O) groups is 2. The molecule has 0 unspecified atom stereocenters. The predicted molar refractivity (Wildman–Crippen MR) is 154 cm³/mol. The number of aromatic nitrogens is 4. The van der Waals surface area contributed by atoms with Crippen molar-refractivity contribution >= 4 is 34.7 Å². The monoisotopic (exact) mass is 561 g/mol. The zero-order valence-electron chi connectivity index (χ0n) is 21.8. The van der Waals surface area contributed by atoms with E-state index < -0.39 is 29.0 Å². The van der Waals surface area contributed by atoms with E-state index in [-0.39, 0.29) is 0 Å². The molecular formula is C31H21F2N7O2. The van der Waals surface area contributed by atoms with Crippen LogP contribution in [-0.2, 0) is 0 Å². The average Bonchev–Trinajstić information content (AvgIpc) is 3.37. The van der Waals surface area contributed by atoms with Gasteiger partial charge in [-0.15, -0.1) is 0 Å². The highest BCUT2D eigenvalue weighted by atomic mass is 19.1. The molecule has 3 heterocycles. The molecule has 42 heavy (non-hydrogen) atoms. The lowest BCUT2D eigenvalue weighted by Gasteiger charge is -2.10. The Bertz CT molecular complexity index is 1950. The minimum atomic E-state index is -0.955. The van der Waals surface area contributed by atoms with Crippen LogP contribution >= 0.6 is 0 Å². The third kappa shape index (κ3) is 5.13. The van der Waals surface area contributed by atoms with Crippen molar-refractivity contribution in [2.75, 3.05) is 10.6 Å². The van der Waals surface area contributed by atoms with Gasteiger partial charge in [0.2, 0.25) is 11.9 Å². The molecule has 0 saturated heterocycles. The van der Waals surface area contributed by atoms with Crippen LogP contribution in [0.15, 0.2) is 103 Å². The number of pyridine rings is 1. The number of primary amides is 1. The number of anilines is 3. The van der Waals surface area contributed by atoms with E-state index in [0.29, 0.717) is 45.4 Å². The fraction of sp³-hybridized carbons (Fsp3) is 0. The van der Waals surface area contributed by atoms with Crippen LogP contribution in [0.5, 0.6) is 0 Å². The summed E-state index contributed by atoms with van der Waals surface area (Å²) in [5, 5.41) is 10.5. The normalized spacial score (nSPS) is 10.9. The van der Waals surface area contributed by atoms with Gasteiger partial charge < -0.3 is 16.4 Å². The molecule has 3 aromatic carbocycles. The minimum Gasteiger partial charge on any atom is -0.366 e. The second-order valence-corrected chi connectivity index (χ2v) is 9.22. The van der Waals surface area contributed by atoms with Crippen LogP contribution in [0.2, 0.25) is 0 Å². The lowest BCUT2D eigenvalue weighted by Crippen LogP contribution is -2.15. The average molecular weight is 562 g/mol. The number of halogens is 2. The van der Waals surface area contributed by atoms with Crippen molar-refractivity contribution in [3.05, 3.63) is 126 Å². The summed E-state index contributed by atoms with van der Waals surface area (Å²) in [5.41, 5.74) is 9.26. The zero-order chi connectivity index (χ0) is 29.2. The molecule has 0 saturated carbocycles. The molecule has 0 aliphatic rings. The van der Waals surface area contributed by atoms with E-state index in [1.54, 1.807) is 65.4 Å². The van der Waals surface area contributed by atoms with Crippen LogP contribution in [-0.4, -0.2) is 31.4 Å². The van der Waals surface area contributed by atoms with Crippen molar-refractivity contribution < 1.29 is 18.4 Å². The molecule has 0 radical (unpaired) electrons. The molecule has 0 aliphatic heterocycles. The van der Waals surface area contributed by atoms with Crippen molar-refractivity contribution in [3.63, 3.8) is 0 Å². The Morgan fingerprint density at radius 2 is 1.60 bits per heavy atom. The zero-order valence-corrected chi connectivity index (χ0v) is 21.8. The van der Waals surface area contributed by atoms with E-state index in [2.05, 4.69) is 15.6 Å². The van der Waals surface area contributed by atoms with Crippen LogP contribution in [0.3, 0.4) is 0 Å². The van der Waals surface area contributed by atoms with Crippen molar-refractivity contribution in [3.8, 4) is 22.5 Å². The summed E-state index contributed by atoms with van der Waals surface area (Å²) >= 11 is 0. The predicted octanol–water partition coefficient (Wildman–Crippen LogP) is 5.83. The molecule has 206 valence electrons. The Labute approximate surface area is 237 Å². The van der Waals surface area contributed by atoms with Crippen molar-refractivity contribution in [2.24, 2.45) is 5.73 Å². The number of carbonyl (C=O) groups excluding carboxylic acids is 2. The fourth-order valence-electron chi connectivity index (χ4n) is 4.51. The molecule has 6 aromatic rings. The van der Waals surface area contributed by atoms with E-state index >= 15 is 0 Å². The van der Waals surface area contributed by atoms with Crippen LogP contribution in [0, 0.1) is 11.6 Å². The van der Waals surface area contributed by atoms with Gasteiger partial charge in [0.05, 0.1) is 16.8 Å².